The van der Waals surface area contributed by atoms with Crippen LogP contribution in [0.3, 0.4) is 0 Å². The van der Waals surface area contributed by atoms with Crippen LogP contribution in [0.2, 0.25) is 0 Å². The highest BCUT2D eigenvalue weighted by atomic mass is 79.9. The number of hydrogen-bond acceptors (Lipinski definition) is 2. The van der Waals surface area contributed by atoms with Crippen LogP contribution < -0.4 is 4.90 Å². The van der Waals surface area contributed by atoms with Crippen LogP contribution in [0.5, 0.6) is 0 Å². The second-order valence-corrected chi connectivity index (χ2v) is 7.89. The predicted molar refractivity (Wildman–Crippen MR) is 102 cm³/mol. The van der Waals surface area contributed by atoms with Gasteiger partial charge >= 0.3 is 6.18 Å². The zero-order valence-electron chi connectivity index (χ0n) is 13.4. The van der Waals surface area contributed by atoms with E-state index in [0.29, 0.717) is 16.4 Å². The number of thioether (sulfide) groups is 1. The second-order valence-electron chi connectivity index (χ2n) is 5.71. The summed E-state index contributed by atoms with van der Waals surface area (Å²) >= 11 is 4.29. The number of benzene rings is 2. The standard InChI is InChI=1S/C18H14BrF3N2OS/c19-13-8-6-12(7-9-13)16(25)23-17-24(14-4-2-1-3-5-14)11-15(26-17)10-18(20,21)22/h1-9,15H,10-11H2. The number of para-hydroxylation sites is 1. The molecule has 0 spiro atoms. The molecule has 1 fully saturated rings. The van der Waals surface area contributed by atoms with E-state index in [2.05, 4.69) is 20.9 Å². The van der Waals surface area contributed by atoms with E-state index in [1.165, 1.54) is 0 Å². The molecule has 0 aliphatic carbocycles. The number of halogens is 4. The highest BCUT2D eigenvalue weighted by Crippen LogP contribution is 2.37. The number of hydrogen-bond donors (Lipinski definition) is 0. The van der Waals surface area contributed by atoms with E-state index in [4.69, 9.17) is 0 Å². The molecule has 3 nitrogen and oxygen atoms in total. The van der Waals surface area contributed by atoms with Gasteiger partial charge in [0.1, 0.15) is 0 Å². The van der Waals surface area contributed by atoms with Crippen molar-refractivity contribution in [2.75, 3.05) is 11.4 Å². The molecule has 0 bridgehead atoms. The molecule has 1 aliphatic heterocycles. The number of nitrogens with zero attached hydrogens (tertiary/aromatic N) is 2. The minimum absolute atomic E-state index is 0.153. The first-order chi connectivity index (χ1) is 12.3. The Morgan fingerprint density at radius 2 is 1.81 bits per heavy atom. The van der Waals surface area contributed by atoms with Crippen LogP contribution in [0, 0.1) is 0 Å². The summed E-state index contributed by atoms with van der Waals surface area (Å²) in [5.41, 5.74) is 1.10. The molecule has 136 valence electrons. The van der Waals surface area contributed by atoms with Gasteiger partial charge in [-0.15, -0.1) is 0 Å². The Balaban J connectivity index is 1.87. The van der Waals surface area contributed by atoms with Crippen LogP contribution in [-0.2, 0) is 0 Å². The second kappa shape index (κ2) is 7.84. The molecule has 26 heavy (non-hydrogen) atoms. The van der Waals surface area contributed by atoms with Crippen molar-refractivity contribution in [2.24, 2.45) is 4.99 Å². The predicted octanol–water partition coefficient (Wildman–Crippen LogP) is 5.52. The highest BCUT2D eigenvalue weighted by Gasteiger charge is 2.39. The van der Waals surface area contributed by atoms with E-state index >= 15 is 0 Å². The molecule has 8 heteroatoms. The molecule has 1 amide bonds. The third-order valence-corrected chi connectivity index (χ3v) is 5.40. The average Bonchev–Trinajstić information content (AvgIpc) is 2.96. The van der Waals surface area contributed by atoms with E-state index in [1.807, 2.05) is 6.07 Å². The first-order valence-electron chi connectivity index (χ1n) is 7.76. The van der Waals surface area contributed by atoms with Gasteiger partial charge in [0, 0.05) is 27.5 Å². The number of carbonyl (C=O) groups is 1. The van der Waals surface area contributed by atoms with Gasteiger partial charge in [-0.1, -0.05) is 45.9 Å². The lowest BCUT2D eigenvalue weighted by atomic mass is 10.2. The van der Waals surface area contributed by atoms with Gasteiger partial charge in [0.25, 0.3) is 5.91 Å². The summed E-state index contributed by atoms with van der Waals surface area (Å²) in [6.45, 7) is 0.153. The fourth-order valence-corrected chi connectivity index (χ4v) is 4.05. The first kappa shape index (κ1) is 19.0. The van der Waals surface area contributed by atoms with Gasteiger partial charge in [0.05, 0.1) is 6.42 Å². The highest BCUT2D eigenvalue weighted by molar-refractivity contribution is 9.10. The molecule has 1 aliphatic rings. The zero-order valence-corrected chi connectivity index (χ0v) is 15.8. The molecule has 3 rings (SSSR count). The smallest absolute Gasteiger partial charge is 0.320 e. The summed E-state index contributed by atoms with van der Waals surface area (Å²) in [7, 11) is 0. The molecule has 0 aromatic heterocycles. The van der Waals surface area contributed by atoms with E-state index in [1.54, 1.807) is 53.4 Å². The molecule has 1 unspecified atom stereocenters. The number of amides is 1. The zero-order chi connectivity index (χ0) is 18.7. The van der Waals surface area contributed by atoms with E-state index in [9.17, 15) is 18.0 Å². The Kier molecular flexibility index (Phi) is 5.72. The fraction of sp³-hybridized carbons (Fsp3) is 0.222. The quantitative estimate of drug-likeness (QED) is 0.627. The number of rotatable bonds is 3. The number of carbonyl (C=O) groups excluding carboxylic acids is 1. The van der Waals surface area contributed by atoms with Gasteiger partial charge in [0.15, 0.2) is 5.17 Å². The monoisotopic (exact) mass is 442 g/mol. The van der Waals surface area contributed by atoms with Crippen molar-refractivity contribution in [1.29, 1.82) is 0 Å². The third-order valence-electron chi connectivity index (χ3n) is 3.70. The molecule has 0 saturated carbocycles. The van der Waals surface area contributed by atoms with Crippen molar-refractivity contribution >= 4 is 44.5 Å². The topological polar surface area (TPSA) is 32.7 Å². The molecule has 1 heterocycles. The van der Waals surface area contributed by atoms with Crippen molar-refractivity contribution in [3.05, 3.63) is 64.6 Å². The molecule has 0 N–H and O–H groups in total. The molecule has 1 atom stereocenters. The van der Waals surface area contributed by atoms with Gasteiger partial charge in [-0.25, -0.2) is 0 Å². The van der Waals surface area contributed by atoms with Crippen LogP contribution in [0.4, 0.5) is 18.9 Å². The lowest BCUT2D eigenvalue weighted by molar-refractivity contribution is -0.133. The van der Waals surface area contributed by atoms with Crippen molar-refractivity contribution < 1.29 is 18.0 Å². The van der Waals surface area contributed by atoms with Gasteiger partial charge in [-0.3, -0.25) is 4.79 Å². The van der Waals surface area contributed by atoms with Crippen molar-refractivity contribution in [1.82, 2.24) is 0 Å². The van der Waals surface area contributed by atoms with Crippen molar-refractivity contribution in [3.8, 4) is 0 Å². The number of aliphatic imine (C=N–C) groups is 1. The summed E-state index contributed by atoms with van der Waals surface area (Å²) in [6, 6.07) is 15.7. The summed E-state index contributed by atoms with van der Waals surface area (Å²) in [6.07, 6.45) is -5.18. The summed E-state index contributed by atoms with van der Waals surface area (Å²) in [4.78, 5) is 18.2. The summed E-state index contributed by atoms with van der Waals surface area (Å²) in [5, 5.41) is -0.412. The van der Waals surface area contributed by atoms with Gasteiger partial charge < -0.3 is 4.90 Å². The normalized spacial score (nSPS) is 19.2. The maximum atomic E-state index is 12.8. The number of anilines is 1. The average molecular weight is 443 g/mol. The first-order valence-corrected chi connectivity index (χ1v) is 9.44. The SMILES string of the molecule is O=C(N=C1SC(CC(F)(F)F)CN1c1ccccc1)c1ccc(Br)cc1. The maximum Gasteiger partial charge on any atom is 0.390 e. The number of alkyl halides is 3. The van der Waals surface area contributed by atoms with E-state index < -0.39 is 23.8 Å². The number of amidine groups is 1. The van der Waals surface area contributed by atoms with Gasteiger partial charge in [-0.2, -0.15) is 18.2 Å². The van der Waals surface area contributed by atoms with Crippen molar-refractivity contribution in [3.63, 3.8) is 0 Å². The van der Waals surface area contributed by atoms with Crippen LogP contribution in [0.25, 0.3) is 0 Å². The Labute approximate surface area is 161 Å². The molecular formula is C18H14BrF3N2OS. The molecule has 2 aromatic rings. The fourth-order valence-electron chi connectivity index (χ4n) is 2.55. The van der Waals surface area contributed by atoms with Crippen LogP contribution in [-0.4, -0.2) is 29.0 Å². The largest absolute Gasteiger partial charge is 0.390 e. The Bertz CT molecular complexity index is 809. The minimum atomic E-state index is -4.26. The van der Waals surface area contributed by atoms with Gasteiger partial charge in [-0.05, 0) is 36.4 Å². The Morgan fingerprint density at radius 1 is 1.15 bits per heavy atom. The molecule has 0 radical (unpaired) electrons. The maximum absolute atomic E-state index is 12.8. The van der Waals surface area contributed by atoms with E-state index in [0.717, 1.165) is 16.2 Å². The van der Waals surface area contributed by atoms with Crippen LogP contribution in [0.1, 0.15) is 16.8 Å². The lowest BCUT2D eigenvalue weighted by Gasteiger charge is -2.18. The molecular weight excluding hydrogens is 429 g/mol. The third kappa shape index (κ3) is 4.88. The lowest BCUT2D eigenvalue weighted by Crippen LogP contribution is -2.27. The van der Waals surface area contributed by atoms with E-state index in [-0.39, 0.29) is 6.54 Å². The summed E-state index contributed by atoms with van der Waals surface area (Å²) < 4.78 is 39.2. The Morgan fingerprint density at radius 3 is 2.42 bits per heavy atom. The van der Waals surface area contributed by atoms with Crippen LogP contribution >= 0.6 is 27.7 Å². The van der Waals surface area contributed by atoms with Crippen molar-refractivity contribution in [2.45, 2.75) is 17.8 Å². The molecule has 1 saturated heterocycles. The van der Waals surface area contributed by atoms with Crippen LogP contribution in [0.15, 0.2) is 64.1 Å². The minimum Gasteiger partial charge on any atom is -0.320 e. The van der Waals surface area contributed by atoms with Gasteiger partial charge in [0.2, 0.25) is 0 Å². The Hall–Kier alpha value is -1.80. The molecule has 2 aromatic carbocycles. The summed E-state index contributed by atoms with van der Waals surface area (Å²) in [5.74, 6) is -0.478.